The third-order valence-corrected chi connectivity index (χ3v) is 5.16. The number of hydrogen-bond acceptors (Lipinski definition) is 3. The van der Waals surface area contributed by atoms with Crippen LogP contribution in [0, 0.1) is 0 Å². The molecule has 0 fully saturated rings. The zero-order valence-electron chi connectivity index (χ0n) is 16.2. The molecule has 0 spiro atoms. The molecule has 1 N–H and O–H groups in total. The van der Waals surface area contributed by atoms with E-state index in [1.807, 2.05) is 72.8 Å². The van der Waals surface area contributed by atoms with Crippen molar-refractivity contribution in [2.75, 3.05) is 19.0 Å². The van der Waals surface area contributed by atoms with E-state index in [0.29, 0.717) is 24.3 Å². The van der Waals surface area contributed by atoms with Gasteiger partial charge >= 0.3 is 6.09 Å². The Morgan fingerprint density at radius 2 is 1.62 bits per heavy atom. The molecule has 2 amide bonds. The largest absolute Gasteiger partial charge is 0.453 e. The number of benzene rings is 3. The molecule has 0 bridgehead atoms. The Morgan fingerprint density at radius 1 is 0.897 bits per heavy atom. The number of rotatable bonds is 3. The Bertz CT molecular complexity index is 1030. The van der Waals surface area contributed by atoms with Gasteiger partial charge in [-0.1, -0.05) is 48.5 Å². The van der Waals surface area contributed by atoms with Crippen molar-refractivity contribution in [2.45, 2.75) is 13.0 Å². The number of carbonyl (C=O) groups is 2. The molecule has 146 valence electrons. The van der Waals surface area contributed by atoms with Crippen LogP contribution in [-0.2, 0) is 17.7 Å². The molecule has 5 heteroatoms. The van der Waals surface area contributed by atoms with E-state index < -0.39 is 0 Å². The van der Waals surface area contributed by atoms with Crippen molar-refractivity contribution in [3.05, 3.63) is 89.5 Å². The van der Waals surface area contributed by atoms with E-state index in [1.165, 1.54) is 12.7 Å². The van der Waals surface area contributed by atoms with Crippen molar-refractivity contribution in [3.8, 4) is 11.1 Å². The van der Waals surface area contributed by atoms with E-state index in [9.17, 15) is 9.59 Å². The summed E-state index contributed by atoms with van der Waals surface area (Å²) in [7, 11) is 1.39. The second-order valence-electron chi connectivity index (χ2n) is 7.02. The summed E-state index contributed by atoms with van der Waals surface area (Å²) < 4.78 is 4.82. The molecule has 0 unspecified atom stereocenters. The fourth-order valence-corrected chi connectivity index (χ4v) is 3.57. The molecule has 29 heavy (non-hydrogen) atoms. The third kappa shape index (κ3) is 4.14. The molecule has 1 aliphatic heterocycles. The highest BCUT2D eigenvalue weighted by molar-refractivity contribution is 6.04. The monoisotopic (exact) mass is 386 g/mol. The fraction of sp³-hybridized carbons (Fsp3) is 0.167. The molecule has 0 aromatic heterocycles. The molecule has 3 aromatic carbocycles. The predicted octanol–water partition coefficient (Wildman–Crippen LogP) is 4.73. The second-order valence-corrected chi connectivity index (χ2v) is 7.02. The minimum Gasteiger partial charge on any atom is -0.453 e. The van der Waals surface area contributed by atoms with Gasteiger partial charge in [0.05, 0.1) is 7.11 Å². The van der Waals surface area contributed by atoms with Gasteiger partial charge in [-0.3, -0.25) is 4.79 Å². The normalized spacial score (nSPS) is 12.8. The Morgan fingerprint density at radius 3 is 2.34 bits per heavy atom. The first kappa shape index (κ1) is 18.7. The van der Waals surface area contributed by atoms with E-state index in [-0.39, 0.29) is 12.0 Å². The van der Waals surface area contributed by atoms with Crippen LogP contribution < -0.4 is 5.32 Å². The average Bonchev–Trinajstić information content (AvgIpc) is 2.78. The minimum atomic E-state index is -0.330. The maximum Gasteiger partial charge on any atom is 0.409 e. The third-order valence-electron chi connectivity index (χ3n) is 5.16. The van der Waals surface area contributed by atoms with Crippen molar-refractivity contribution in [1.82, 2.24) is 4.90 Å². The summed E-state index contributed by atoms with van der Waals surface area (Å²) in [6, 6.07) is 23.5. The zero-order valence-corrected chi connectivity index (χ0v) is 16.2. The minimum absolute atomic E-state index is 0.162. The molecule has 1 aliphatic rings. The lowest BCUT2D eigenvalue weighted by atomic mass is 9.99. The molecule has 0 saturated heterocycles. The summed E-state index contributed by atoms with van der Waals surface area (Å²) in [5.41, 5.74) is 5.71. The van der Waals surface area contributed by atoms with Gasteiger partial charge in [0.25, 0.3) is 5.91 Å². The van der Waals surface area contributed by atoms with E-state index in [1.54, 1.807) is 4.90 Å². The van der Waals surface area contributed by atoms with E-state index in [4.69, 9.17) is 4.74 Å². The van der Waals surface area contributed by atoms with E-state index >= 15 is 0 Å². The summed E-state index contributed by atoms with van der Waals surface area (Å²) in [5.74, 6) is -0.162. The molecule has 3 aromatic rings. The SMILES string of the molecule is COC(=O)N1CCc2ccc(NC(=O)c3ccc(-c4ccccc4)cc3)cc2C1. The molecule has 1 heterocycles. The van der Waals surface area contributed by atoms with Crippen molar-refractivity contribution in [2.24, 2.45) is 0 Å². The number of anilines is 1. The van der Waals surface area contributed by atoms with Crippen molar-refractivity contribution in [1.29, 1.82) is 0 Å². The molecule has 0 saturated carbocycles. The standard InChI is InChI=1S/C24H22N2O3/c1-29-24(28)26-14-13-19-11-12-22(15-21(19)16-26)25-23(27)20-9-7-18(8-10-20)17-5-3-2-4-6-17/h2-12,15H,13-14,16H2,1H3,(H,25,27). The number of hydrogen-bond donors (Lipinski definition) is 1. The molecule has 4 rings (SSSR count). The lowest BCUT2D eigenvalue weighted by Gasteiger charge is -2.28. The van der Waals surface area contributed by atoms with Crippen LogP contribution in [0.15, 0.2) is 72.8 Å². The van der Waals surface area contributed by atoms with Crippen LogP contribution in [-0.4, -0.2) is 30.6 Å². The van der Waals surface area contributed by atoms with Crippen LogP contribution in [0.1, 0.15) is 21.5 Å². The lowest BCUT2D eigenvalue weighted by Crippen LogP contribution is -2.35. The maximum atomic E-state index is 12.7. The summed E-state index contributed by atoms with van der Waals surface area (Å²) in [6.07, 6.45) is 0.447. The zero-order chi connectivity index (χ0) is 20.2. The first-order valence-corrected chi connectivity index (χ1v) is 9.55. The molecular weight excluding hydrogens is 364 g/mol. The van der Waals surface area contributed by atoms with Gasteiger partial charge in [-0.05, 0) is 52.9 Å². The molecular formula is C24H22N2O3. The topological polar surface area (TPSA) is 58.6 Å². The summed E-state index contributed by atoms with van der Waals surface area (Å²) in [6.45, 7) is 1.12. The Balaban J connectivity index is 1.47. The van der Waals surface area contributed by atoms with E-state index in [2.05, 4.69) is 5.32 Å². The number of ether oxygens (including phenoxy) is 1. The maximum absolute atomic E-state index is 12.7. The number of amides is 2. The quantitative estimate of drug-likeness (QED) is 0.708. The van der Waals surface area contributed by atoms with Gasteiger partial charge in [0.2, 0.25) is 0 Å². The molecule has 0 atom stereocenters. The lowest BCUT2D eigenvalue weighted by molar-refractivity contribution is 0.102. The van der Waals surface area contributed by atoms with Crippen LogP contribution in [0.5, 0.6) is 0 Å². The van der Waals surface area contributed by atoms with Gasteiger partial charge in [0, 0.05) is 24.3 Å². The number of nitrogens with zero attached hydrogens (tertiary/aromatic N) is 1. The Labute approximate surface area is 169 Å². The number of carbonyl (C=O) groups excluding carboxylic acids is 2. The molecule has 0 aliphatic carbocycles. The van der Waals surface area contributed by atoms with Crippen LogP contribution in [0.3, 0.4) is 0 Å². The average molecular weight is 386 g/mol. The summed E-state index contributed by atoms with van der Waals surface area (Å²) >= 11 is 0. The van der Waals surface area contributed by atoms with Gasteiger partial charge < -0.3 is 15.0 Å². The Kier molecular flexibility index (Phi) is 5.29. The fourth-order valence-electron chi connectivity index (χ4n) is 3.57. The smallest absolute Gasteiger partial charge is 0.409 e. The highest BCUT2D eigenvalue weighted by Gasteiger charge is 2.21. The molecule has 0 radical (unpaired) electrons. The second kappa shape index (κ2) is 8.19. The molecule has 5 nitrogen and oxygen atoms in total. The van der Waals surface area contributed by atoms with Crippen LogP contribution >= 0.6 is 0 Å². The van der Waals surface area contributed by atoms with Gasteiger partial charge in [0.1, 0.15) is 0 Å². The number of methoxy groups -OCH3 is 1. The first-order chi connectivity index (χ1) is 14.1. The summed E-state index contributed by atoms with van der Waals surface area (Å²) in [5, 5.41) is 2.95. The summed E-state index contributed by atoms with van der Waals surface area (Å²) in [4.78, 5) is 26.1. The van der Waals surface area contributed by atoms with Gasteiger partial charge in [-0.25, -0.2) is 4.79 Å². The highest BCUT2D eigenvalue weighted by atomic mass is 16.5. The van der Waals surface area contributed by atoms with Crippen LogP contribution in [0.2, 0.25) is 0 Å². The Hall–Kier alpha value is -3.60. The number of nitrogens with one attached hydrogen (secondary N) is 1. The first-order valence-electron chi connectivity index (χ1n) is 9.55. The van der Waals surface area contributed by atoms with Gasteiger partial charge in [-0.15, -0.1) is 0 Å². The van der Waals surface area contributed by atoms with Gasteiger partial charge in [-0.2, -0.15) is 0 Å². The van der Waals surface area contributed by atoms with Crippen molar-refractivity contribution >= 4 is 17.7 Å². The van der Waals surface area contributed by atoms with Crippen molar-refractivity contribution in [3.63, 3.8) is 0 Å². The van der Waals surface area contributed by atoms with Crippen LogP contribution in [0.25, 0.3) is 11.1 Å². The van der Waals surface area contributed by atoms with E-state index in [0.717, 1.165) is 23.1 Å². The van der Waals surface area contributed by atoms with Crippen molar-refractivity contribution < 1.29 is 14.3 Å². The van der Waals surface area contributed by atoms with Gasteiger partial charge in [0.15, 0.2) is 0 Å². The predicted molar refractivity (Wildman–Crippen MR) is 113 cm³/mol. The highest BCUT2D eigenvalue weighted by Crippen LogP contribution is 2.24. The van der Waals surface area contributed by atoms with Crippen LogP contribution in [0.4, 0.5) is 10.5 Å². The number of fused-ring (bicyclic) bond motifs is 1.